The average molecular weight is 609 g/mol. The van der Waals surface area contributed by atoms with Gasteiger partial charge >= 0.3 is 0 Å². The van der Waals surface area contributed by atoms with Crippen molar-refractivity contribution in [2.45, 2.75) is 68.3 Å². The molecule has 5 rings (SSSR count). The van der Waals surface area contributed by atoms with Crippen molar-refractivity contribution in [3.05, 3.63) is 46.6 Å². The number of phenolic OH excluding ortho intramolecular Hbond substituents is 2. The van der Waals surface area contributed by atoms with Crippen LogP contribution in [0.25, 0.3) is 22.3 Å². The maximum Gasteiger partial charge on any atom is 0.229 e. The highest BCUT2D eigenvalue weighted by Crippen LogP contribution is 2.41. The molecule has 2 aromatic carbocycles. The van der Waals surface area contributed by atoms with Crippen molar-refractivity contribution in [2.75, 3.05) is 13.7 Å². The fourth-order valence-electron chi connectivity index (χ4n) is 5.02. The van der Waals surface area contributed by atoms with Crippen molar-refractivity contribution in [1.29, 1.82) is 0 Å². The van der Waals surface area contributed by atoms with Crippen LogP contribution in [0, 0.1) is 0 Å². The number of rotatable bonds is 7. The van der Waals surface area contributed by atoms with Crippen molar-refractivity contribution >= 4 is 11.0 Å². The second-order valence-corrected chi connectivity index (χ2v) is 10.3. The van der Waals surface area contributed by atoms with Gasteiger partial charge in [0.1, 0.15) is 59.1 Å². The molecular formula is C28H32O15. The van der Waals surface area contributed by atoms with E-state index in [2.05, 4.69) is 0 Å². The molecule has 15 heteroatoms. The van der Waals surface area contributed by atoms with Gasteiger partial charge < -0.3 is 69.0 Å². The Kier molecular flexibility index (Phi) is 8.80. The number of hydrogen-bond donors (Lipinski definition) is 8. The van der Waals surface area contributed by atoms with Gasteiger partial charge in [-0.3, -0.25) is 4.79 Å². The Hall–Kier alpha value is -3.51. The first-order valence-corrected chi connectivity index (χ1v) is 13.3. The summed E-state index contributed by atoms with van der Waals surface area (Å²) in [7, 11) is 1.23. The zero-order chi connectivity index (χ0) is 31.2. The van der Waals surface area contributed by atoms with Crippen LogP contribution in [0.1, 0.15) is 6.92 Å². The molecule has 8 N–H and O–H groups in total. The maximum absolute atomic E-state index is 12.8. The number of aliphatic hydroxyl groups is 6. The van der Waals surface area contributed by atoms with Crippen LogP contribution in [-0.4, -0.2) is 116 Å². The predicted octanol–water partition coefficient (Wildman–Crippen LogP) is -1.09. The lowest BCUT2D eigenvalue weighted by Gasteiger charge is -2.45. The molecule has 10 unspecified atom stereocenters. The fraction of sp³-hybridized carbons (Fsp3) is 0.464. The molecule has 0 aliphatic carbocycles. The summed E-state index contributed by atoms with van der Waals surface area (Å²) in [6, 6.07) is 8.24. The van der Waals surface area contributed by atoms with Gasteiger partial charge in [0.2, 0.25) is 12.0 Å². The Balaban J connectivity index is 1.39. The van der Waals surface area contributed by atoms with Gasteiger partial charge in [-0.15, -0.1) is 0 Å². The number of benzene rings is 2. The second-order valence-electron chi connectivity index (χ2n) is 10.3. The van der Waals surface area contributed by atoms with Crippen LogP contribution in [0.3, 0.4) is 0 Å². The first-order valence-electron chi connectivity index (χ1n) is 13.3. The van der Waals surface area contributed by atoms with E-state index in [0.29, 0.717) is 5.56 Å². The first kappa shape index (κ1) is 30.9. The van der Waals surface area contributed by atoms with E-state index in [1.807, 2.05) is 0 Å². The molecule has 2 aliphatic heterocycles. The molecule has 0 amide bonds. The molecule has 43 heavy (non-hydrogen) atoms. The Morgan fingerprint density at radius 2 is 1.56 bits per heavy atom. The van der Waals surface area contributed by atoms with Crippen LogP contribution in [0.2, 0.25) is 0 Å². The zero-order valence-corrected chi connectivity index (χ0v) is 22.9. The van der Waals surface area contributed by atoms with Crippen molar-refractivity contribution < 1.29 is 69.0 Å². The second kappa shape index (κ2) is 12.2. The summed E-state index contributed by atoms with van der Waals surface area (Å²) in [5.41, 5.74) is -0.275. The number of methoxy groups -OCH3 is 1. The van der Waals surface area contributed by atoms with Gasteiger partial charge in [0.15, 0.2) is 29.3 Å². The van der Waals surface area contributed by atoms with E-state index in [9.17, 15) is 45.6 Å². The number of aromatic hydroxyl groups is 2. The number of fused-ring (bicyclic) bond motifs is 1. The molecule has 234 valence electrons. The summed E-state index contributed by atoms with van der Waals surface area (Å²) in [5.74, 6) is -1.01. The Labute approximate surface area is 243 Å². The van der Waals surface area contributed by atoms with Crippen LogP contribution < -0.4 is 14.9 Å². The number of aliphatic hydroxyl groups excluding tert-OH is 6. The largest absolute Gasteiger partial charge is 0.504 e. The number of ether oxygens (including phenoxy) is 5. The Morgan fingerprint density at radius 3 is 2.21 bits per heavy atom. The normalized spacial score (nSPS) is 32.9. The third-order valence-electron chi connectivity index (χ3n) is 7.45. The summed E-state index contributed by atoms with van der Waals surface area (Å²) >= 11 is 0. The molecule has 2 saturated heterocycles. The fourth-order valence-corrected chi connectivity index (χ4v) is 5.02. The highest BCUT2D eigenvalue weighted by Gasteiger charge is 2.50. The van der Waals surface area contributed by atoms with E-state index in [1.54, 1.807) is 0 Å². The van der Waals surface area contributed by atoms with Crippen molar-refractivity contribution in [3.63, 3.8) is 0 Å². The minimum Gasteiger partial charge on any atom is -0.504 e. The van der Waals surface area contributed by atoms with Crippen LogP contribution in [0.4, 0.5) is 0 Å². The third kappa shape index (κ3) is 5.74. The quantitative estimate of drug-likeness (QED) is 0.159. The zero-order valence-electron chi connectivity index (χ0n) is 22.9. The Bertz CT molecular complexity index is 1490. The summed E-state index contributed by atoms with van der Waals surface area (Å²) in [5, 5.41) is 81.6. The molecule has 2 aliphatic rings. The maximum atomic E-state index is 12.8. The molecule has 0 bridgehead atoms. The van der Waals surface area contributed by atoms with Gasteiger partial charge in [-0.1, -0.05) is 0 Å². The minimum absolute atomic E-state index is 0.0871. The van der Waals surface area contributed by atoms with Crippen LogP contribution in [-0.2, 0) is 14.2 Å². The standard InChI is InChI=1S/C28H32O15/c1-10-19(32)22(35)24(37)27(39-10)43-26-23(36)20(33)17(9-29)42-28(26)40-12-5-3-11(4-6-12)15-7-13(30)18-16(41-15)8-14(31)25(38-2)21(18)34/h3-8,10,17,19-20,22-24,26-29,31-37H,9H2,1-2H3. The van der Waals surface area contributed by atoms with E-state index in [4.69, 9.17) is 28.1 Å². The van der Waals surface area contributed by atoms with Gasteiger partial charge in [0, 0.05) is 17.7 Å². The molecule has 10 atom stereocenters. The molecule has 3 heterocycles. The smallest absolute Gasteiger partial charge is 0.229 e. The summed E-state index contributed by atoms with van der Waals surface area (Å²) in [6.45, 7) is 0.766. The number of hydrogen-bond acceptors (Lipinski definition) is 15. The molecule has 3 aromatic rings. The van der Waals surface area contributed by atoms with Gasteiger partial charge in [-0.2, -0.15) is 0 Å². The van der Waals surface area contributed by atoms with Crippen LogP contribution >= 0.6 is 0 Å². The summed E-state index contributed by atoms with van der Waals surface area (Å²) < 4.78 is 33.3. The molecule has 0 saturated carbocycles. The SMILES string of the molecule is COc1c(O)cc2oc(-c3ccc(OC4OC(CO)C(O)C(O)C4OC4OC(C)C(O)C(O)C4O)cc3)cc(=O)c2c1O. The molecular weight excluding hydrogens is 576 g/mol. The number of phenols is 2. The van der Waals surface area contributed by atoms with Crippen LogP contribution in [0.15, 0.2) is 45.6 Å². The summed E-state index contributed by atoms with van der Waals surface area (Å²) in [6.07, 6.45) is -14.8. The molecule has 15 nitrogen and oxygen atoms in total. The highest BCUT2D eigenvalue weighted by atomic mass is 16.8. The topological polar surface area (TPSA) is 238 Å². The highest BCUT2D eigenvalue weighted by molar-refractivity contribution is 5.89. The van der Waals surface area contributed by atoms with E-state index in [-0.39, 0.29) is 28.2 Å². The molecule has 2 fully saturated rings. The lowest BCUT2D eigenvalue weighted by Crippen LogP contribution is -2.64. The molecule has 0 spiro atoms. The van der Waals surface area contributed by atoms with E-state index < -0.39 is 84.9 Å². The van der Waals surface area contributed by atoms with Gasteiger partial charge in [0.05, 0.1) is 19.8 Å². The lowest BCUT2D eigenvalue weighted by molar-refractivity contribution is -0.354. The molecule has 0 radical (unpaired) electrons. The Morgan fingerprint density at radius 1 is 0.860 bits per heavy atom. The third-order valence-corrected chi connectivity index (χ3v) is 7.45. The molecule has 1 aromatic heterocycles. The van der Waals surface area contributed by atoms with Crippen molar-refractivity contribution in [1.82, 2.24) is 0 Å². The van der Waals surface area contributed by atoms with Crippen molar-refractivity contribution in [2.24, 2.45) is 0 Å². The van der Waals surface area contributed by atoms with Crippen molar-refractivity contribution in [3.8, 4) is 34.3 Å². The lowest BCUT2D eigenvalue weighted by atomic mass is 9.97. The minimum atomic E-state index is -1.72. The van der Waals surface area contributed by atoms with E-state index >= 15 is 0 Å². The van der Waals surface area contributed by atoms with Gasteiger partial charge in [-0.25, -0.2) is 0 Å². The monoisotopic (exact) mass is 608 g/mol. The van der Waals surface area contributed by atoms with E-state index in [0.717, 1.165) is 12.1 Å². The first-order chi connectivity index (χ1) is 20.4. The van der Waals surface area contributed by atoms with Gasteiger partial charge in [-0.05, 0) is 31.2 Å². The van der Waals surface area contributed by atoms with E-state index in [1.165, 1.54) is 38.3 Å². The predicted molar refractivity (Wildman–Crippen MR) is 143 cm³/mol. The van der Waals surface area contributed by atoms with Crippen LogP contribution in [0.5, 0.6) is 23.0 Å². The summed E-state index contributed by atoms with van der Waals surface area (Å²) in [4.78, 5) is 12.8. The average Bonchev–Trinajstić information content (AvgIpc) is 2.98. The van der Waals surface area contributed by atoms with Gasteiger partial charge in [0.25, 0.3) is 0 Å².